The van der Waals surface area contributed by atoms with Gasteiger partial charge in [-0.05, 0) is 17.3 Å². The molecule has 1 fully saturated rings. The van der Waals surface area contributed by atoms with Gasteiger partial charge in [0.2, 0.25) is 11.8 Å². The highest BCUT2D eigenvalue weighted by molar-refractivity contribution is 6.17. The van der Waals surface area contributed by atoms with Crippen LogP contribution in [-0.4, -0.2) is 16.1 Å². The Hall–Kier alpha value is -0.570. The lowest BCUT2D eigenvalue weighted by atomic mass is 10.0. The summed E-state index contributed by atoms with van der Waals surface area (Å²) in [5.41, 5.74) is 0.507. The Labute approximate surface area is 102 Å². The minimum Gasteiger partial charge on any atom is -0.425 e. The van der Waals surface area contributed by atoms with Crippen molar-refractivity contribution in [3.05, 3.63) is 11.8 Å². The summed E-state index contributed by atoms with van der Waals surface area (Å²) in [7, 11) is 0. The van der Waals surface area contributed by atoms with E-state index in [9.17, 15) is 0 Å². The van der Waals surface area contributed by atoms with Crippen LogP contribution in [0, 0.1) is 10.8 Å². The van der Waals surface area contributed by atoms with Crippen LogP contribution in [0.15, 0.2) is 4.42 Å². The molecule has 0 unspecified atom stereocenters. The molecular weight excluding hydrogens is 224 g/mol. The van der Waals surface area contributed by atoms with E-state index < -0.39 is 0 Å². The fraction of sp³-hybridized carbons (Fsp3) is 0.833. The second-order valence-electron chi connectivity index (χ2n) is 5.70. The molecule has 0 radical (unpaired) electrons. The van der Waals surface area contributed by atoms with Gasteiger partial charge in [-0.25, -0.2) is 0 Å². The normalized spacial score (nSPS) is 22.3. The fourth-order valence-electron chi connectivity index (χ4n) is 2.52. The summed E-state index contributed by atoms with van der Waals surface area (Å²) in [5.74, 6) is 2.53. The number of hydrogen-bond donors (Lipinski definition) is 0. The van der Waals surface area contributed by atoms with Crippen LogP contribution in [0.4, 0.5) is 0 Å². The van der Waals surface area contributed by atoms with Crippen LogP contribution in [-0.2, 0) is 6.42 Å². The number of rotatable bonds is 4. The number of aryl methyl sites for hydroxylation is 1. The van der Waals surface area contributed by atoms with Crippen molar-refractivity contribution in [3.8, 4) is 0 Å². The number of halogens is 1. The van der Waals surface area contributed by atoms with Crippen LogP contribution >= 0.6 is 11.6 Å². The molecule has 16 heavy (non-hydrogen) atoms. The zero-order valence-corrected chi connectivity index (χ0v) is 11.1. The van der Waals surface area contributed by atoms with E-state index in [4.69, 9.17) is 16.0 Å². The minimum absolute atomic E-state index is 0.253. The molecular formula is C12H19ClN2O. The van der Waals surface area contributed by atoms with E-state index >= 15 is 0 Å². The van der Waals surface area contributed by atoms with Crippen molar-refractivity contribution in [1.82, 2.24) is 10.2 Å². The van der Waals surface area contributed by atoms with Gasteiger partial charge in [0.1, 0.15) is 0 Å². The third kappa shape index (κ3) is 1.65. The first-order valence-electron chi connectivity index (χ1n) is 5.79. The molecule has 0 amide bonds. The number of nitrogens with zero attached hydrogens (tertiary/aromatic N) is 2. The lowest BCUT2D eigenvalue weighted by Crippen LogP contribution is -1.95. The van der Waals surface area contributed by atoms with E-state index in [1.165, 1.54) is 0 Å². The molecule has 1 aliphatic rings. The summed E-state index contributed by atoms with van der Waals surface area (Å²) < 4.78 is 5.70. The molecule has 1 aliphatic carbocycles. The molecule has 0 aliphatic heterocycles. The van der Waals surface area contributed by atoms with Crippen LogP contribution in [0.5, 0.6) is 0 Å². The number of alkyl halides is 1. The first-order chi connectivity index (χ1) is 7.41. The molecule has 0 atom stereocenters. The van der Waals surface area contributed by atoms with Gasteiger partial charge in [-0.3, -0.25) is 0 Å². The monoisotopic (exact) mass is 242 g/mol. The largest absolute Gasteiger partial charge is 0.425 e. The molecule has 1 aromatic heterocycles. The van der Waals surface area contributed by atoms with Crippen molar-refractivity contribution in [3.63, 3.8) is 0 Å². The van der Waals surface area contributed by atoms with Gasteiger partial charge in [0.05, 0.1) is 0 Å². The maximum atomic E-state index is 5.70. The van der Waals surface area contributed by atoms with Crippen molar-refractivity contribution < 1.29 is 4.42 Å². The fourth-order valence-corrected chi connectivity index (χ4v) is 2.65. The van der Waals surface area contributed by atoms with Crippen LogP contribution in [0.3, 0.4) is 0 Å². The molecule has 1 heterocycles. The van der Waals surface area contributed by atoms with Gasteiger partial charge in [0.15, 0.2) is 0 Å². The zero-order chi connectivity index (χ0) is 12.0. The lowest BCUT2D eigenvalue weighted by Gasteiger charge is -2.03. The third-order valence-electron chi connectivity index (χ3n) is 4.27. The molecule has 90 valence electrons. The Balaban J connectivity index is 2.10. The standard InChI is InChI=1S/C12H19ClN2O/c1-11(2)9(12(11,3)4)10-15-14-8(16-10)6-5-7-13/h9H,5-7H2,1-4H3. The van der Waals surface area contributed by atoms with Crippen LogP contribution in [0.1, 0.15) is 51.8 Å². The number of aromatic nitrogens is 2. The van der Waals surface area contributed by atoms with E-state index in [-0.39, 0.29) is 10.8 Å². The van der Waals surface area contributed by atoms with E-state index in [1.54, 1.807) is 0 Å². The van der Waals surface area contributed by atoms with Crippen molar-refractivity contribution in [1.29, 1.82) is 0 Å². The number of hydrogen-bond acceptors (Lipinski definition) is 3. The van der Waals surface area contributed by atoms with Gasteiger partial charge in [-0.15, -0.1) is 21.8 Å². The van der Waals surface area contributed by atoms with Gasteiger partial charge in [-0.2, -0.15) is 0 Å². The maximum absolute atomic E-state index is 5.70. The Morgan fingerprint density at radius 1 is 1.19 bits per heavy atom. The molecule has 1 aromatic rings. The molecule has 2 rings (SSSR count). The first kappa shape index (κ1) is 11.9. The summed E-state index contributed by atoms with van der Waals surface area (Å²) in [6.45, 7) is 9.00. The minimum atomic E-state index is 0.253. The highest BCUT2D eigenvalue weighted by Gasteiger charge is 2.67. The first-order valence-corrected chi connectivity index (χ1v) is 6.33. The van der Waals surface area contributed by atoms with Crippen molar-refractivity contribution in [2.24, 2.45) is 10.8 Å². The average Bonchev–Trinajstić information content (AvgIpc) is 2.56. The molecule has 0 N–H and O–H groups in total. The smallest absolute Gasteiger partial charge is 0.220 e. The maximum Gasteiger partial charge on any atom is 0.220 e. The SMILES string of the molecule is CC1(C)C(c2nnc(CCCCl)o2)C1(C)C. The molecule has 0 saturated heterocycles. The van der Waals surface area contributed by atoms with Crippen LogP contribution in [0.25, 0.3) is 0 Å². The topological polar surface area (TPSA) is 38.9 Å². The van der Waals surface area contributed by atoms with Gasteiger partial charge < -0.3 is 4.42 Å². The van der Waals surface area contributed by atoms with Gasteiger partial charge in [0.25, 0.3) is 0 Å². The Morgan fingerprint density at radius 2 is 1.81 bits per heavy atom. The van der Waals surface area contributed by atoms with E-state index in [2.05, 4.69) is 37.9 Å². The quantitative estimate of drug-likeness (QED) is 0.760. The van der Waals surface area contributed by atoms with Crippen molar-refractivity contribution in [2.75, 3.05) is 5.88 Å². The molecule has 0 aromatic carbocycles. The summed E-state index contributed by atoms with van der Waals surface area (Å²) in [5, 5.41) is 8.23. The van der Waals surface area contributed by atoms with Gasteiger partial charge in [0, 0.05) is 18.2 Å². The Kier molecular flexibility index (Phi) is 2.77. The average molecular weight is 243 g/mol. The summed E-state index contributed by atoms with van der Waals surface area (Å²) in [6.07, 6.45) is 1.67. The molecule has 4 heteroatoms. The Morgan fingerprint density at radius 3 is 2.31 bits per heavy atom. The second-order valence-corrected chi connectivity index (χ2v) is 6.08. The highest BCUT2D eigenvalue weighted by atomic mass is 35.5. The Bertz CT molecular complexity index is 370. The van der Waals surface area contributed by atoms with Crippen molar-refractivity contribution >= 4 is 11.6 Å². The predicted octanol–water partition coefficient (Wildman–Crippen LogP) is 3.39. The van der Waals surface area contributed by atoms with Crippen LogP contribution < -0.4 is 0 Å². The summed E-state index contributed by atoms with van der Waals surface area (Å²) in [6, 6.07) is 0. The van der Waals surface area contributed by atoms with Gasteiger partial charge in [-0.1, -0.05) is 27.7 Å². The van der Waals surface area contributed by atoms with Crippen LogP contribution in [0.2, 0.25) is 0 Å². The molecule has 0 bridgehead atoms. The van der Waals surface area contributed by atoms with E-state index in [0.717, 1.165) is 18.7 Å². The molecule has 1 saturated carbocycles. The van der Waals surface area contributed by atoms with E-state index in [0.29, 0.717) is 17.7 Å². The molecule has 3 nitrogen and oxygen atoms in total. The molecule has 0 spiro atoms. The second kappa shape index (κ2) is 3.73. The predicted molar refractivity (Wildman–Crippen MR) is 63.6 cm³/mol. The van der Waals surface area contributed by atoms with Crippen molar-refractivity contribution in [2.45, 2.75) is 46.5 Å². The third-order valence-corrected chi connectivity index (χ3v) is 4.54. The van der Waals surface area contributed by atoms with Gasteiger partial charge >= 0.3 is 0 Å². The summed E-state index contributed by atoms with van der Waals surface area (Å²) >= 11 is 5.63. The lowest BCUT2D eigenvalue weighted by molar-refractivity contribution is 0.429. The van der Waals surface area contributed by atoms with E-state index in [1.807, 2.05) is 0 Å². The zero-order valence-electron chi connectivity index (χ0n) is 10.4. The highest BCUT2D eigenvalue weighted by Crippen LogP contribution is 2.73. The summed E-state index contributed by atoms with van der Waals surface area (Å²) in [4.78, 5) is 0.